The Labute approximate surface area is 158 Å². The maximum atomic E-state index is 12.1. The van der Waals surface area contributed by atoms with Crippen LogP contribution in [0.25, 0.3) is 4.96 Å². The van der Waals surface area contributed by atoms with Crippen molar-refractivity contribution in [3.63, 3.8) is 0 Å². The molecule has 3 aromatic heterocycles. The smallest absolute Gasteiger partial charge is 0.258 e. The molecule has 0 aliphatic carbocycles. The third kappa shape index (κ3) is 4.31. The van der Waals surface area contributed by atoms with Crippen LogP contribution in [-0.2, 0) is 23.5 Å². The molecule has 3 heterocycles. The summed E-state index contributed by atoms with van der Waals surface area (Å²) < 4.78 is 3.55. The fraction of sp³-hybridized carbons (Fsp3) is 0.438. The molecule has 0 bridgehead atoms. The number of nitrogens with two attached hydrogens (primary N) is 1. The minimum absolute atomic E-state index is 0.0855. The molecular formula is C16H20N6O2S2. The van der Waals surface area contributed by atoms with E-state index in [-0.39, 0.29) is 17.9 Å². The molecule has 0 saturated heterocycles. The van der Waals surface area contributed by atoms with Crippen LogP contribution >= 0.6 is 23.1 Å². The second-order valence-corrected chi connectivity index (χ2v) is 8.12. The van der Waals surface area contributed by atoms with Crippen LogP contribution < -0.4 is 11.3 Å². The number of rotatable bonds is 8. The van der Waals surface area contributed by atoms with Crippen molar-refractivity contribution in [1.29, 1.82) is 0 Å². The van der Waals surface area contributed by atoms with Crippen molar-refractivity contribution in [3.05, 3.63) is 39.5 Å². The van der Waals surface area contributed by atoms with Gasteiger partial charge in [0.1, 0.15) is 5.82 Å². The second-order valence-electron chi connectivity index (χ2n) is 6.30. The molecule has 3 rings (SSSR count). The number of aryl methyl sites for hydroxylation is 1. The molecule has 138 valence electrons. The van der Waals surface area contributed by atoms with Crippen molar-refractivity contribution in [3.8, 4) is 0 Å². The van der Waals surface area contributed by atoms with Gasteiger partial charge in [0, 0.05) is 42.8 Å². The van der Waals surface area contributed by atoms with Gasteiger partial charge in [-0.05, 0) is 5.92 Å². The van der Waals surface area contributed by atoms with Gasteiger partial charge >= 0.3 is 0 Å². The van der Waals surface area contributed by atoms with E-state index in [0.717, 1.165) is 17.5 Å². The van der Waals surface area contributed by atoms with E-state index in [1.807, 2.05) is 9.95 Å². The summed E-state index contributed by atoms with van der Waals surface area (Å²) in [5, 5.41) is 11.1. The maximum Gasteiger partial charge on any atom is 0.258 e. The highest BCUT2D eigenvalue weighted by molar-refractivity contribution is 7.98. The number of thioether (sulfide) groups is 1. The Kier molecular flexibility index (Phi) is 5.72. The van der Waals surface area contributed by atoms with Crippen LogP contribution in [0.4, 0.5) is 0 Å². The molecule has 0 radical (unpaired) electrons. The van der Waals surface area contributed by atoms with E-state index in [1.54, 1.807) is 12.3 Å². The molecule has 0 spiro atoms. The first-order valence-electron chi connectivity index (χ1n) is 8.23. The van der Waals surface area contributed by atoms with Crippen molar-refractivity contribution in [2.45, 2.75) is 44.1 Å². The summed E-state index contributed by atoms with van der Waals surface area (Å²) in [6.07, 6.45) is 2.43. The first kappa shape index (κ1) is 18.6. The Morgan fingerprint density at radius 3 is 2.92 bits per heavy atom. The lowest BCUT2D eigenvalue weighted by molar-refractivity contribution is -0.118. The van der Waals surface area contributed by atoms with Crippen molar-refractivity contribution in [2.75, 3.05) is 0 Å². The van der Waals surface area contributed by atoms with Gasteiger partial charge in [-0.2, -0.15) is 0 Å². The van der Waals surface area contributed by atoms with Crippen LogP contribution in [0.1, 0.15) is 31.8 Å². The van der Waals surface area contributed by atoms with E-state index in [0.29, 0.717) is 28.7 Å². The summed E-state index contributed by atoms with van der Waals surface area (Å²) in [5.74, 6) is 1.33. The molecular weight excluding hydrogens is 372 g/mol. The number of amides is 1. The maximum absolute atomic E-state index is 12.1. The lowest BCUT2D eigenvalue weighted by Crippen LogP contribution is -2.15. The first-order chi connectivity index (χ1) is 12.4. The van der Waals surface area contributed by atoms with Gasteiger partial charge in [-0.3, -0.25) is 14.0 Å². The van der Waals surface area contributed by atoms with Gasteiger partial charge in [0.15, 0.2) is 10.1 Å². The van der Waals surface area contributed by atoms with Crippen molar-refractivity contribution < 1.29 is 4.79 Å². The molecule has 10 heteroatoms. The number of nitrogens with zero attached hydrogens (tertiary/aromatic N) is 5. The molecule has 0 aliphatic rings. The van der Waals surface area contributed by atoms with Gasteiger partial charge in [0.25, 0.3) is 5.56 Å². The van der Waals surface area contributed by atoms with Gasteiger partial charge in [-0.15, -0.1) is 21.5 Å². The van der Waals surface area contributed by atoms with Crippen LogP contribution in [0.15, 0.2) is 27.6 Å². The van der Waals surface area contributed by atoms with Gasteiger partial charge < -0.3 is 10.3 Å². The molecule has 0 atom stereocenters. The SMILES string of the molecule is CC(C)Cn1c(CCC(N)=O)nnc1SCc1cc(=O)n2ccsc2n1. The zero-order chi connectivity index (χ0) is 18.7. The minimum Gasteiger partial charge on any atom is -0.370 e. The van der Waals surface area contributed by atoms with Gasteiger partial charge in [0.2, 0.25) is 5.91 Å². The number of carbonyl (C=O) groups excluding carboxylic acids is 1. The molecule has 0 aliphatic heterocycles. The Balaban J connectivity index is 1.79. The van der Waals surface area contributed by atoms with Gasteiger partial charge in [0.05, 0.1) is 5.69 Å². The average molecular weight is 393 g/mol. The summed E-state index contributed by atoms with van der Waals surface area (Å²) in [6, 6.07) is 1.55. The standard InChI is InChI=1S/C16H20N6O2S2/c1-10(2)8-22-13(4-3-12(17)23)19-20-16(22)26-9-11-7-14(24)21-5-6-25-15(21)18-11/h5-7,10H,3-4,8-9H2,1-2H3,(H2,17,23). The van der Waals surface area contributed by atoms with Crippen LogP contribution in [0.3, 0.4) is 0 Å². The number of primary amides is 1. The van der Waals surface area contributed by atoms with Crippen LogP contribution in [-0.4, -0.2) is 30.1 Å². The van der Waals surface area contributed by atoms with E-state index >= 15 is 0 Å². The number of aromatic nitrogens is 5. The number of carbonyl (C=O) groups is 1. The summed E-state index contributed by atoms with van der Waals surface area (Å²) in [5.41, 5.74) is 5.87. The topological polar surface area (TPSA) is 108 Å². The van der Waals surface area contributed by atoms with E-state index in [2.05, 4.69) is 29.0 Å². The normalized spacial score (nSPS) is 11.5. The predicted octanol–water partition coefficient (Wildman–Crippen LogP) is 1.71. The third-order valence-corrected chi connectivity index (χ3v) is 5.40. The Hall–Kier alpha value is -2.20. The lowest BCUT2D eigenvalue weighted by Gasteiger charge is -2.12. The number of hydrogen-bond donors (Lipinski definition) is 1. The molecule has 8 nitrogen and oxygen atoms in total. The summed E-state index contributed by atoms with van der Waals surface area (Å²) >= 11 is 2.91. The minimum atomic E-state index is -0.354. The molecule has 26 heavy (non-hydrogen) atoms. The Morgan fingerprint density at radius 2 is 2.19 bits per heavy atom. The highest BCUT2D eigenvalue weighted by Crippen LogP contribution is 2.23. The molecule has 0 aromatic carbocycles. The zero-order valence-electron chi connectivity index (χ0n) is 14.6. The second kappa shape index (κ2) is 8.00. The summed E-state index contributed by atoms with van der Waals surface area (Å²) in [7, 11) is 0. The fourth-order valence-electron chi connectivity index (χ4n) is 2.49. The van der Waals surface area contributed by atoms with Crippen LogP contribution in [0.2, 0.25) is 0 Å². The quantitative estimate of drug-likeness (QED) is 0.585. The Bertz CT molecular complexity index is 975. The van der Waals surface area contributed by atoms with E-state index in [1.165, 1.54) is 27.5 Å². The monoisotopic (exact) mass is 392 g/mol. The van der Waals surface area contributed by atoms with E-state index in [9.17, 15) is 9.59 Å². The average Bonchev–Trinajstić information content (AvgIpc) is 3.18. The highest BCUT2D eigenvalue weighted by Gasteiger charge is 2.15. The summed E-state index contributed by atoms with van der Waals surface area (Å²) in [4.78, 5) is 28.3. The Morgan fingerprint density at radius 1 is 1.38 bits per heavy atom. The molecule has 2 N–H and O–H groups in total. The van der Waals surface area contributed by atoms with E-state index < -0.39 is 0 Å². The largest absolute Gasteiger partial charge is 0.370 e. The van der Waals surface area contributed by atoms with Crippen molar-refractivity contribution in [2.24, 2.45) is 11.7 Å². The zero-order valence-corrected chi connectivity index (χ0v) is 16.2. The lowest BCUT2D eigenvalue weighted by atomic mass is 10.2. The predicted molar refractivity (Wildman–Crippen MR) is 101 cm³/mol. The molecule has 0 saturated carbocycles. The number of thiazole rings is 1. The number of hydrogen-bond acceptors (Lipinski definition) is 7. The molecule has 0 fully saturated rings. The third-order valence-electron chi connectivity index (χ3n) is 3.64. The number of fused-ring (bicyclic) bond motifs is 1. The van der Waals surface area contributed by atoms with Gasteiger partial charge in [-0.25, -0.2) is 4.98 Å². The molecule has 1 amide bonds. The van der Waals surface area contributed by atoms with E-state index in [4.69, 9.17) is 5.73 Å². The van der Waals surface area contributed by atoms with Crippen molar-refractivity contribution >= 4 is 34.0 Å². The van der Waals surface area contributed by atoms with Crippen molar-refractivity contribution in [1.82, 2.24) is 24.1 Å². The molecule has 3 aromatic rings. The fourth-order valence-corrected chi connectivity index (χ4v) is 4.09. The molecule has 0 unspecified atom stereocenters. The van der Waals surface area contributed by atoms with Gasteiger partial charge in [-0.1, -0.05) is 25.6 Å². The van der Waals surface area contributed by atoms with Crippen LogP contribution in [0.5, 0.6) is 0 Å². The highest BCUT2D eigenvalue weighted by atomic mass is 32.2. The first-order valence-corrected chi connectivity index (χ1v) is 10.1. The van der Waals surface area contributed by atoms with Crippen LogP contribution in [0, 0.1) is 5.92 Å². The summed E-state index contributed by atoms with van der Waals surface area (Å²) in [6.45, 7) is 4.97.